The maximum atomic E-state index is 13.8. The smallest absolute Gasteiger partial charge is 0.240 e. The van der Waals surface area contributed by atoms with Crippen LogP contribution >= 0.6 is 0 Å². The van der Waals surface area contributed by atoms with Crippen molar-refractivity contribution in [3.05, 3.63) is 87.6 Å². The first kappa shape index (κ1) is 20.5. The molecule has 0 aliphatic carbocycles. The Kier molecular flexibility index (Phi) is 5.88. The number of amides is 1. The molecule has 0 saturated carbocycles. The fourth-order valence-electron chi connectivity index (χ4n) is 3.16. The highest BCUT2D eigenvalue weighted by atomic mass is 19.1. The third-order valence-corrected chi connectivity index (χ3v) is 4.89. The fraction of sp³-hybridized carbons (Fsp3) is 0.217. The van der Waals surface area contributed by atoms with Crippen molar-refractivity contribution in [2.75, 3.05) is 6.79 Å². The molecule has 1 aliphatic rings. The van der Waals surface area contributed by atoms with E-state index in [1.54, 1.807) is 35.8 Å². The largest absolute Gasteiger partial charge is 0.483 e. The quantitative estimate of drug-likeness (QED) is 0.631. The van der Waals surface area contributed by atoms with Gasteiger partial charge in [0.05, 0.1) is 6.20 Å². The second-order valence-corrected chi connectivity index (χ2v) is 7.12. The standard InChI is InChI=1S/C23H21FN2O5/c1-15-8-19(27)22(29-13-17-4-2-3-5-18(17)24)11-26(15)12-23(28)25-10-16-6-7-20-21(9-16)31-14-30-20/h2-9,11H,10,12-14H2,1H3,(H,25,28). The normalized spacial score (nSPS) is 11.9. The molecule has 1 aromatic heterocycles. The van der Waals surface area contributed by atoms with Crippen molar-refractivity contribution in [2.24, 2.45) is 0 Å². The van der Waals surface area contributed by atoms with Gasteiger partial charge < -0.3 is 24.1 Å². The maximum absolute atomic E-state index is 13.8. The number of pyridine rings is 1. The Morgan fingerprint density at radius 1 is 1.16 bits per heavy atom. The van der Waals surface area contributed by atoms with Crippen LogP contribution in [-0.4, -0.2) is 17.3 Å². The molecule has 1 amide bonds. The Labute approximate surface area is 178 Å². The second kappa shape index (κ2) is 8.91. The van der Waals surface area contributed by atoms with E-state index < -0.39 is 5.82 Å². The lowest BCUT2D eigenvalue weighted by Crippen LogP contribution is -2.28. The summed E-state index contributed by atoms with van der Waals surface area (Å²) in [4.78, 5) is 24.7. The summed E-state index contributed by atoms with van der Waals surface area (Å²) in [7, 11) is 0. The molecule has 160 valence electrons. The van der Waals surface area contributed by atoms with Gasteiger partial charge in [0, 0.05) is 23.9 Å². The van der Waals surface area contributed by atoms with Crippen LogP contribution in [0.2, 0.25) is 0 Å². The number of benzene rings is 2. The van der Waals surface area contributed by atoms with Gasteiger partial charge in [0.15, 0.2) is 17.2 Å². The van der Waals surface area contributed by atoms with Gasteiger partial charge in [0.1, 0.15) is 19.0 Å². The summed E-state index contributed by atoms with van der Waals surface area (Å²) in [6.07, 6.45) is 1.47. The minimum Gasteiger partial charge on any atom is -0.483 e. The number of aryl methyl sites for hydroxylation is 1. The molecule has 1 N–H and O–H groups in total. The lowest BCUT2D eigenvalue weighted by atomic mass is 10.2. The van der Waals surface area contributed by atoms with Crippen LogP contribution < -0.4 is 25.0 Å². The third-order valence-electron chi connectivity index (χ3n) is 4.89. The number of ether oxygens (including phenoxy) is 3. The fourth-order valence-corrected chi connectivity index (χ4v) is 3.16. The van der Waals surface area contributed by atoms with Crippen LogP contribution in [0.25, 0.3) is 0 Å². The highest BCUT2D eigenvalue weighted by molar-refractivity contribution is 5.75. The molecule has 0 saturated heterocycles. The van der Waals surface area contributed by atoms with E-state index in [0.717, 1.165) is 5.56 Å². The molecule has 2 aromatic carbocycles. The van der Waals surface area contributed by atoms with Crippen molar-refractivity contribution in [1.29, 1.82) is 0 Å². The lowest BCUT2D eigenvalue weighted by Gasteiger charge is -2.14. The van der Waals surface area contributed by atoms with E-state index >= 15 is 0 Å². The third kappa shape index (κ3) is 4.85. The van der Waals surface area contributed by atoms with E-state index in [1.165, 1.54) is 18.3 Å². The molecular weight excluding hydrogens is 403 g/mol. The van der Waals surface area contributed by atoms with E-state index in [0.29, 0.717) is 29.3 Å². The summed E-state index contributed by atoms with van der Waals surface area (Å²) >= 11 is 0. The van der Waals surface area contributed by atoms with E-state index in [2.05, 4.69) is 5.32 Å². The molecule has 8 heteroatoms. The lowest BCUT2D eigenvalue weighted by molar-refractivity contribution is -0.121. The minimum absolute atomic E-state index is 0.00667. The summed E-state index contributed by atoms with van der Waals surface area (Å²) in [6.45, 7) is 2.17. The highest BCUT2D eigenvalue weighted by Gasteiger charge is 2.14. The number of carbonyl (C=O) groups excluding carboxylic acids is 1. The molecule has 0 fully saturated rings. The summed E-state index contributed by atoms with van der Waals surface area (Å²) in [5.41, 5.74) is 1.51. The molecular formula is C23H21FN2O5. The number of fused-ring (bicyclic) bond motifs is 1. The number of halogens is 1. The summed E-state index contributed by atoms with van der Waals surface area (Å²) in [5.74, 6) is 0.751. The molecule has 31 heavy (non-hydrogen) atoms. The first-order valence-electron chi connectivity index (χ1n) is 9.72. The van der Waals surface area contributed by atoms with E-state index in [1.807, 2.05) is 12.1 Å². The Balaban J connectivity index is 1.39. The summed E-state index contributed by atoms with van der Waals surface area (Å²) < 4.78 is 31.5. The second-order valence-electron chi connectivity index (χ2n) is 7.12. The van der Waals surface area contributed by atoms with Crippen molar-refractivity contribution in [3.63, 3.8) is 0 Å². The van der Waals surface area contributed by atoms with Gasteiger partial charge in [-0.25, -0.2) is 4.39 Å². The zero-order valence-corrected chi connectivity index (χ0v) is 16.9. The molecule has 1 aliphatic heterocycles. The van der Waals surface area contributed by atoms with Crippen molar-refractivity contribution < 1.29 is 23.4 Å². The van der Waals surface area contributed by atoms with E-state index in [-0.39, 0.29) is 37.0 Å². The van der Waals surface area contributed by atoms with Gasteiger partial charge >= 0.3 is 0 Å². The number of hydrogen-bond acceptors (Lipinski definition) is 5. The van der Waals surface area contributed by atoms with Gasteiger partial charge in [-0.2, -0.15) is 0 Å². The SMILES string of the molecule is Cc1cc(=O)c(OCc2ccccc2F)cn1CC(=O)NCc1ccc2c(c1)OCO2. The van der Waals surface area contributed by atoms with Crippen LogP contribution in [-0.2, 0) is 24.5 Å². The zero-order chi connectivity index (χ0) is 21.8. The van der Waals surface area contributed by atoms with E-state index in [9.17, 15) is 14.0 Å². The van der Waals surface area contributed by atoms with E-state index in [4.69, 9.17) is 14.2 Å². The molecule has 3 aromatic rings. The molecule has 2 heterocycles. The molecule has 0 atom stereocenters. The van der Waals surface area contributed by atoms with Gasteiger partial charge in [-0.05, 0) is 30.7 Å². The minimum atomic E-state index is -0.405. The number of nitrogens with zero attached hydrogens (tertiary/aromatic N) is 1. The van der Waals surface area contributed by atoms with Gasteiger partial charge in [-0.1, -0.05) is 24.3 Å². The maximum Gasteiger partial charge on any atom is 0.240 e. The predicted octanol–water partition coefficient (Wildman–Crippen LogP) is 2.92. The van der Waals surface area contributed by atoms with Crippen molar-refractivity contribution >= 4 is 5.91 Å². The number of carbonyl (C=O) groups is 1. The van der Waals surface area contributed by atoms with Gasteiger partial charge in [-0.15, -0.1) is 0 Å². The Hall–Kier alpha value is -3.81. The molecule has 7 nitrogen and oxygen atoms in total. The van der Waals surface area contributed by atoms with Gasteiger partial charge in [0.2, 0.25) is 18.1 Å². The monoisotopic (exact) mass is 424 g/mol. The first-order valence-corrected chi connectivity index (χ1v) is 9.72. The average Bonchev–Trinajstić information content (AvgIpc) is 3.22. The number of rotatable bonds is 7. The van der Waals surface area contributed by atoms with Gasteiger partial charge in [0.25, 0.3) is 0 Å². The van der Waals surface area contributed by atoms with Crippen LogP contribution in [0.5, 0.6) is 17.2 Å². The Bertz CT molecular complexity index is 1170. The van der Waals surface area contributed by atoms with Crippen LogP contribution in [0.4, 0.5) is 4.39 Å². The molecule has 4 rings (SSSR count). The van der Waals surface area contributed by atoms with Crippen molar-refractivity contribution in [3.8, 4) is 17.2 Å². The van der Waals surface area contributed by atoms with Crippen LogP contribution in [0, 0.1) is 12.7 Å². The summed E-state index contributed by atoms with van der Waals surface area (Å²) in [5, 5.41) is 2.84. The number of nitrogens with one attached hydrogen (secondary N) is 1. The van der Waals surface area contributed by atoms with Crippen LogP contribution in [0.15, 0.2) is 59.5 Å². The molecule has 0 unspecified atom stereocenters. The topological polar surface area (TPSA) is 78.8 Å². The first-order chi connectivity index (χ1) is 15.0. The number of aromatic nitrogens is 1. The van der Waals surface area contributed by atoms with Crippen molar-refractivity contribution in [1.82, 2.24) is 9.88 Å². The van der Waals surface area contributed by atoms with Crippen LogP contribution in [0.1, 0.15) is 16.8 Å². The Morgan fingerprint density at radius 2 is 1.97 bits per heavy atom. The van der Waals surface area contributed by atoms with Gasteiger partial charge in [-0.3, -0.25) is 9.59 Å². The highest BCUT2D eigenvalue weighted by Crippen LogP contribution is 2.32. The van der Waals surface area contributed by atoms with Crippen molar-refractivity contribution in [2.45, 2.75) is 26.6 Å². The Morgan fingerprint density at radius 3 is 2.81 bits per heavy atom. The zero-order valence-electron chi connectivity index (χ0n) is 16.9. The summed E-state index contributed by atoms with van der Waals surface area (Å²) in [6, 6.07) is 13.1. The number of hydrogen-bond donors (Lipinski definition) is 1. The average molecular weight is 424 g/mol. The predicted molar refractivity (Wildman–Crippen MR) is 111 cm³/mol. The molecule has 0 bridgehead atoms. The molecule has 0 radical (unpaired) electrons. The van der Waals surface area contributed by atoms with Crippen LogP contribution in [0.3, 0.4) is 0 Å². The molecule has 0 spiro atoms.